The summed E-state index contributed by atoms with van der Waals surface area (Å²) in [5.41, 5.74) is 12.7. The Morgan fingerprint density at radius 1 is 0.833 bits per heavy atom. The molecule has 94 valence electrons. The van der Waals surface area contributed by atoms with Crippen molar-refractivity contribution in [2.45, 2.75) is 6.92 Å². The Morgan fingerprint density at radius 2 is 1.17 bits per heavy atom. The lowest BCUT2D eigenvalue weighted by molar-refractivity contribution is 0.587. The fraction of sp³-hybridized carbons (Fsp3) is 0.143. The first-order valence-electron chi connectivity index (χ1n) is 5.87. The van der Waals surface area contributed by atoms with Crippen molar-refractivity contribution in [2.75, 3.05) is 17.6 Å². The van der Waals surface area contributed by atoms with E-state index in [1.165, 1.54) is 0 Å². The summed E-state index contributed by atoms with van der Waals surface area (Å²) in [5.74, 6) is 0. The molecule has 0 unspecified atom stereocenters. The maximum atomic E-state index is 13.1. The van der Waals surface area contributed by atoms with E-state index in [1.807, 2.05) is 31.2 Å². The zero-order valence-electron chi connectivity index (χ0n) is 10.3. The van der Waals surface area contributed by atoms with E-state index >= 15 is 0 Å². The van der Waals surface area contributed by atoms with Crippen molar-refractivity contribution in [3.8, 4) is 0 Å². The predicted octanol–water partition coefficient (Wildman–Crippen LogP) is 2.18. The number of nitrogens with two attached hydrogens (primary N) is 2. The van der Waals surface area contributed by atoms with Crippen molar-refractivity contribution in [1.82, 2.24) is 0 Å². The molecule has 0 spiro atoms. The van der Waals surface area contributed by atoms with Gasteiger partial charge in [0.05, 0.1) is 0 Å². The molecule has 4 N–H and O–H groups in total. The maximum absolute atomic E-state index is 13.1. The molecule has 0 aliphatic carbocycles. The molecular weight excluding hydrogens is 243 g/mol. The molecule has 0 aliphatic rings. The molecule has 0 bridgehead atoms. The van der Waals surface area contributed by atoms with Crippen molar-refractivity contribution in [3.05, 3.63) is 48.5 Å². The molecule has 2 aromatic carbocycles. The van der Waals surface area contributed by atoms with Crippen molar-refractivity contribution in [3.63, 3.8) is 0 Å². The van der Waals surface area contributed by atoms with Crippen LogP contribution in [-0.2, 0) is 4.57 Å². The Balaban J connectivity index is 2.51. The van der Waals surface area contributed by atoms with E-state index in [0.717, 1.165) is 10.6 Å². The minimum absolute atomic E-state index is 0.584. The smallest absolute Gasteiger partial charge is 0.142 e. The molecule has 2 aromatic rings. The number of nitrogen functional groups attached to an aromatic ring is 2. The van der Waals surface area contributed by atoms with Gasteiger partial charge in [-0.2, -0.15) is 0 Å². The summed E-state index contributed by atoms with van der Waals surface area (Å²) in [7, 11) is -2.56. The van der Waals surface area contributed by atoms with Crippen LogP contribution in [0.15, 0.2) is 48.5 Å². The van der Waals surface area contributed by atoms with Gasteiger partial charge in [0.1, 0.15) is 7.14 Å². The fourth-order valence-electron chi connectivity index (χ4n) is 1.94. The van der Waals surface area contributed by atoms with Gasteiger partial charge in [-0.15, -0.1) is 0 Å². The monoisotopic (exact) mass is 260 g/mol. The van der Waals surface area contributed by atoms with E-state index in [-0.39, 0.29) is 0 Å². The molecule has 0 fully saturated rings. The Labute approximate surface area is 107 Å². The second-order valence-electron chi connectivity index (χ2n) is 4.24. The van der Waals surface area contributed by atoms with Crippen LogP contribution in [0, 0.1) is 0 Å². The number of rotatable bonds is 3. The second-order valence-corrected chi connectivity index (χ2v) is 7.38. The topological polar surface area (TPSA) is 69.1 Å². The van der Waals surface area contributed by atoms with E-state index in [9.17, 15) is 4.57 Å². The highest BCUT2D eigenvalue weighted by Gasteiger charge is 2.24. The zero-order valence-corrected chi connectivity index (χ0v) is 11.2. The lowest BCUT2D eigenvalue weighted by atomic mass is 10.3. The van der Waals surface area contributed by atoms with Gasteiger partial charge in [0.25, 0.3) is 0 Å². The first-order valence-corrected chi connectivity index (χ1v) is 7.77. The first-order chi connectivity index (χ1) is 8.56. The predicted molar refractivity (Wildman–Crippen MR) is 79.1 cm³/mol. The van der Waals surface area contributed by atoms with E-state index < -0.39 is 7.14 Å². The molecule has 0 aliphatic heterocycles. The highest BCUT2D eigenvalue weighted by molar-refractivity contribution is 7.78. The van der Waals surface area contributed by atoms with Gasteiger partial charge in [0, 0.05) is 28.1 Å². The van der Waals surface area contributed by atoms with Crippen LogP contribution in [0.4, 0.5) is 11.4 Å². The summed E-state index contributed by atoms with van der Waals surface area (Å²) >= 11 is 0. The Bertz CT molecular complexity index is 526. The average molecular weight is 260 g/mol. The Kier molecular flexibility index (Phi) is 3.44. The van der Waals surface area contributed by atoms with Crippen molar-refractivity contribution in [2.24, 2.45) is 0 Å². The number of hydrogen-bond acceptors (Lipinski definition) is 3. The van der Waals surface area contributed by atoms with Crippen LogP contribution in [0.3, 0.4) is 0 Å². The maximum Gasteiger partial charge on any atom is 0.142 e. The molecule has 0 aromatic heterocycles. The molecule has 0 atom stereocenters. The van der Waals surface area contributed by atoms with Crippen LogP contribution in [-0.4, -0.2) is 6.16 Å². The van der Waals surface area contributed by atoms with Crippen molar-refractivity contribution in [1.29, 1.82) is 0 Å². The van der Waals surface area contributed by atoms with Crippen LogP contribution >= 0.6 is 7.14 Å². The summed E-state index contributed by atoms with van der Waals surface area (Å²) in [6.07, 6.45) is 0.584. The van der Waals surface area contributed by atoms with E-state index in [2.05, 4.69) is 0 Å². The van der Waals surface area contributed by atoms with Gasteiger partial charge < -0.3 is 16.0 Å². The standard InChI is InChI=1S/C14H17N2OP/c1-2-18(17,13-7-3-11(15)4-8-13)14-9-5-12(16)6-10-14/h3-10H,2,15-16H2,1H3. The van der Waals surface area contributed by atoms with E-state index in [1.54, 1.807) is 24.3 Å². The highest BCUT2D eigenvalue weighted by Crippen LogP contribution is 2.42. The first kappa shape index (κ1) is 12.7. The van der Waals surface area contributed by atoms with Crippen LogP contribution < -0.4 is 22.1 Å². The number of hydrogen-bond donors (Lipinski definition) is 2. The summed E-state index contributed by atoms with van der Waals surface area (Å²) < 4.78 is 13.1. The van der Waals surface area contributed by atoms with Crippen LogP contribution in [0.25, 0.3) is 0 Å². The van der Waals surface area contributed by atoms with Gasteiger partial charge in [-0.3, -0.25) is 0 Å². The Morgan fingerprint density at radius 3 is 1.44 bits per heavy atom. The summed E-state index contributed by atoms with van der Waals surface area (Å²) in [6, 6.07) is 14.5. The molecule has 0 heterocycles. The van der Waals surface area contributed by atoms with Crippen LogP contribution in [0.2, 0.25) is 0 Å². The molecule has 0 amide bonds. The summed E-state index contributed by atoms with van der Waals surface area (Å²) in [4.78, 5) is 0. The average Bonchev–Trinajstić information content (AvgIpc) is 2.39. The minimum Gasteiger partial charge on any atom is -0.399 e. The number of benzene rings is 2. The molecule has 0 saturated heterocycles. The van der Waals surface area contributed by atoms with Gasteiger partial charge in [-0.1, -0.05) is 6.92 Å². The number of anilines is 2. The third-order valence-electron chi connectivity index (χ3n) is 3.07. The van der Waals surface area contributed by atoms with E-state index in [0.29, 0.717) is 17.5 Å². The molecule has 0 saturated carbocycles. The molecular formula is C14H17N2OP. The van der Waals surface area contributed by atoms with Gasteiger partial charge in [-0.05, 0) is 48.5 Å². The molecule has 4 heteroatoms. The van der Waals surface area contributed by atoms with E-state index in [4.69, 9.17) is 11.5 Å². The summed E-state index contributed by atoms with van der Waals surface area (Å²) in [5, 5.41) is 1.67. The fourth-order valence-corrected chi connectivity index (χ4v) is 4.23. The van der Waals surface area contributed by atoms with Crippen LogP contribution in [0.5, 0.6) is 0 Å². The van der Waals surface area contributed by atoms with Gasteiger partial charge in [0.2, 0.25) is 0 Å². The van der Waals surface area contributed by atoms with Crippen LogP contribution in [0.1, 0.15) is 6.92 Å². The SMILES string of the molecule is CCP(=O)(c1ccc(N)cc1)c1ccc(N)cc1. The quantitative estimate of drug-likeness (QED) is 0.656. The molecule has 18 heavy (non-hydrogen) atoms. The largest absolute Gasteiger partial charge is 0.399 e. The van der Waals surface area contributed by atoms with Gasteiger partial charge >= 0.3 is 0 Å². The van der Waals surface area contributed by atoms with Crippen molar-refractivity contribution >= 4 is 29.1 Å². The molecule has 2 rings (SSSR count). The summed E-state index contributed by atoms with van der Waals surface area (Å²) in [6.45, 7) is 1.94. The Hall–Kier alpha value is -1.73. The van der Waals surface area contributed by atoms with Gasteiger partial charge in [-0.25, -0.2) is 0 Å². The zero-order chi connectivity index (χ0) is 13.2. The highest BCUT2D eigenvalue weighted by atomic mass is 31.2. The molecule has 0 radical (unpaired) electrons. The second kappa shape index (κ2) is 4.87. The van der Waals surface area contributed by atoms with Gasteiger partial charge in [0.15, 0.2) is 0 Å². The lowest BCUT2D eigenvalue weighted by Crippen LogP contribution is -2.17. The minimum atomic E-state index is -2.56. The molecule has 3 nitrogen and oxygen atoms in total. The third kappa shape index (κ3) is 2.27. The normalized spacial score (nSPS) is 11.4. The third-order valence-corrected chi connectivity index (χ3v) is 6.22. The lowest BCUT2D eigenvalue weighted by Gasteiger charge is -2.17. The van der Waals surface area contributed by atoms with Crippen molar-refractivity contribution < 1.29 is 4.57 Å².